The van der Waals surface area contributed by atoms with Crippen molar-refractivity contribution in [2.75, 3.05) is 0 Å². The van der Waals surface area contributed by atoms with Crippen LogP contribution in [0, 0.1) is 0 Å². The van der Waals surface area contributed by atoms with Crippen LogP contribution in [0.25, 0.3) is 10.8 Å². The van der Waals surface area contributed by atoms with Gasteiger partial charge in [0, 0.05) is 21.9 Å². The summed E-state index contributed by atoms with van der Waals surface area (Å²) in [6, 6.07) is 4.08. The number of phenols is 1. The third-order valence-corrected chi connectivity index (χ3v) is 5.19. The molecule has 0 radical (unpaired) electrons. The Morgan fingerprint density at radius 2 is 1.75 bits per heavy atom. The Morgan fingerprint density at radius 3 is 2.29 bits per heavy atom. The molecule has 0 saturated heterocycles. The largest absolute Gasteiger partial charge is 0.504 e. The maximum Gasteiger partial charge on any atom is 0.298 e. The van der Waals surface area contributed by atoms with Crippen molar-refractivity contribution < 1.29 is 47.5 Å². The number of aromatic hydroxyl groups is 1. The second kappa shape index (κ2) is 7.60. The summed E-state index contributed by atoms with van der Waals surface area (Å²) in [5.74, 6) is -0.634. The number of fused-ring (bicyclic) bond motifs is 1. The number of hydrogen-bond donors (Lipinski definition) is 3. The van der Waals surface area contributed by atoms with E-state index in [9.17, 15) is 31.0 Å². The molecule has 1 unspecified atom stereocenters. The fourth-order valence-electron chi connectivity index (χ4n) is 2.29. The van der Waals surface area contributed by atoms with Gasteiger partial charge < -0.3 is 5.11 Å². The quantitative estimate of drug-likeness (QED) is 0.345. The number of amidine groups is 1. The van der Waals surface area contributed by atoms with Crippen LogP contribution in [0.1, 0.15) is 6.92 Å². The van der Waals surface area contributed by atoms with Crippen LogP contribution in [0.2, 0.25) is 0 Å². The van der Waals surface area contributed by atoms with Gasteiger partial charge in [0.05, 0.1) is 4.90 Å². The summed E-state index contributed by atoms with van der Waals surface area (Å²) in [4.78, 5) is 2.51. The van der Waals surface area contributed by atoms with Gasteiger partial charge in [0.2, 0.25) is 0 Å². The molecule has 0 spiro atoms. The van der Waals surface area contributed by atoms with E-state index >= 15 is 0 Å². The van der Waals surface area contributed by atoms with Crippen LogP contribution in [0.4, 0.5) is 5.69 Å². The van der Waals surface area contributed by atoms with Gasteiger partial charge in [-0.15, -0.1) is 20.5 Å². The van der Waals surface area contributed by atoms with Crippen molar-refractivity contribution in [3.63, 3.8) is 0 Å². The molecule has 0 bridgehead atoms. The molecule has 1 aliphatic rings. The predicted molar refractivity (Wildman–Crippen MR) is 91.5 cm³/mol. The molecular formula is C13H11N5NiO7S2. The molecule has 3 N–H and O–H groups in total. The monoisotopic (exact) mass is 471 g/mol. The van der Waals surface area contributed by atoms with Crippen molar-refractivity contribution in [2.24, 2.45) is 25.4 Å². The van der Waals surface area contributed by atoms with Gasteiger partial charge in [-0.05, 0) is 30.5 Å². The third-order valence-electron chi connectivity index (χ3n) is 3.47. The Balaban J connectivity index is 0.00000280. The van der Waals surface area contributed by atoms with Crippen LogP contribution >= 0.6 is 0 Å². The van der Waals surface area contributed by atoms with Gasteiger partial charge in [-0.25, -0.2) is 4.99 Å². The van der Waals surface area contributed by atoms with E-state index in [1.165, 1.54) is 6.07 Å². The molecule has 0 aromatic heterocycles. The average Bonchev–Trinajstić information content (AvgIpc) is 2.96. The SMILES string of the molecule is CC1=NC(N=Nc2c(O)c(S(=O)(=O)O)cc3ccc(S(=O)(=O)O)cc23)N=N1.[Ni]. The van der Waals surface area contributed by atoms with Crippen LogP contribution in [-0.2, 0) is 36.7 Å². The van der Waals surface area contributed by atoms with Crippen molar-refractivity contribution in [1.29, 1.82) is 0 Å². The number of benzene rings is 2. The number of hydrogen-bond acceptors (Lipinski definition) is 10. The number of nitrogens with zero attached hydrogens (tertiary/aromatic N) is 5. The molecule has 1 heterocycles. The first-order chi connectivity index (χ1) is 12.5. The van der Waals surface area contributed by atoms with Gasteiger partial charge in [0.25, 0.3) is 26.5 Å². The first-order valence-corrected chi connectivity index (χ1v) is 9.95. The van der Waals surface area contributed by atoms with Gasteiger partial charge in [0.1, 0.15) is 16.4 Å². The van der Waals surface area contributed by atoms with E-state index in [4.69, 9.17) is 0 Å². The molecule has 152 valence electrons. The van der Waals surface area contributed by atoms with E-state index in [2.05, 4.69) is 25.4 Å². The van der Waals surface area contributed by atoms with Crippen LogP contribution < -0.4 is 0 Å². The number of azo groups is 2. The van der Waals surface area contributed by atoms with Crippen LogP contribution in [0.15, 0.2) is 59.5 Å². The molecule has 3 rings (SSSR count). The van der Waals surface area contributed by atoms with Crippen molar-refractivity contribution in [2.45, 2.75) is 23.0 Å². The Kier molecular flexibility index (Phi) is 5.96. The van der Waals surface area contributed by atoms with Gasteiger partial charge >= 0.3 is 0 Å². The van der Waals surface area contributed by atoms with Gasteiger partial charge in [-0.3, -0.25) is 9.11 Å². The summed E-state index contributed by atoms with van der Waals surface area (Å²) in [6.07, 6.45) is -1.06. The van der Waals surface area contributed by atoms with Crippen molar-refractivity contribution in [1.82, 2.24) is 0 Å². The molecule has 2 aromatic carbocycles. The molecule has 28 heavy (non-hydrogen) atoms. The first-order valence-electron chi connectivity index (χ1n) is 7.07. The van der Waals surface area contributed by atoms with Crippen molar-refractivity contribution in [3.05, 3.63) is 24.3 Å². The van der Waals surface area contributed by atoms with E-state index in [-0.39, 0.29) is 27.3 Å². The minimum atomic E-state index is -4.82. The normalized spacial score (nSPS) is 17.1. The van der Waals surface area contributed by atoms with E-state index in [1.807, 2.05) is 0 Å². The Hall–Kier alpha value is -2.32. The predicted octanol–water partition coefficient (Wildman–Crippen LogP) is 2.29. The Labute approximate surface area is 168 Å². The van der Waals surface area contributed by atoms with Crippen LogP contribution in [0.3, 0.4) is 0 Å². The zero-order valence-electron chi connectivity index (χ0n) is 13.7. The fraction of sp³-hybridized carbons (Fsp3) is 0.154. The summed E-state index contributed by atoms with van der Waals surface area (Å²) < 4.78 is 64.2. The number of rotatable bonds is 4. The van der Waals surface area contributed by atoms with Crippen LogP contribution in [-0.4, -0.2) is 43.2 Å². The molecule has 12 nitrogen and oxygen atoms in total. The molecule has 0 saturated carbocycles. The molecule has 0 amide bonds. The summed E-state index contributed by atoms with van der Waals surface area (Å²) in [5, 5.41) is 25.0. The van der Waals surface area contributed by atoms with E-state index in [0.717, 1.165) is 18.2 Å². The van der Waals surface area contributed by atoms with Gasteiger partial charge in [0.15, 0.2) is 5.75 Å². The number of phenolic OH excluding ortho intramolecular Hbond substituents is 1. The fourth-order valence-corrected chi connectivity index (χ4v) is 3.41. The van der Waals surface area contributed by atoms with Crippen molar-refractivity contribution >= 4 is 42.5 Å². The van der Waals surface area contributed by atoms with E-state index < -0.39 is 47.8 Å². The second-order valence-electron chi connectivity index (χ2n) is 5.36. The summed E-state index contributed by atoms with van der Waals surface area (Å²) in [6.45, 7) is 1.56. The zero-order valence-corrected chi connectivity index (χ0v) is 16.4. The minimum Gasteiger partial charge on any atom is -0.504 e. The zero-order chi connectivity index (χ0) is 20.0. The molecule has 1 aliphatic heterocycles. The van der Waals surface area contributed by atoms with Crippen LogP contribution in [0.5, 0.6) is 5.75 Å². The first kappa shape index (κ1) is 22.0. The third kappa shape index (κ3) is 4.39. The molecule has 15 heteroatoms. The molecule has 1 atom stereocenters. The second-order valence-corrected chi connectivity index (χ2v) is 8.17. The number of aliphatic imine (C=N–C) groups is 1. The summed E-state index contributed by atoms with van der Waals surface area (Å²) in [5.41, 5.74) is -0.458. The maximum atomic E-state index is 11.5. The summed E-state index contributed by atoms with van der Waals surface area (Å²) in [7, 11) is -9.40. The smallest absolute Gasteiger partial charge is 0.298 e. The minimum absolute atomic E-state index is 0. The average molecular weight is 472 g/mol. The topological polar surface area (TPSA) is 191 Å². The molecule has 0 fully saturated rings. The van der Waals surface area contributed by atoms with E-state index in [0.29, 0.717) is 5.84 Å². The Bertz CT molecular complexity index is 1260. The standard InChI is InChI=1S/C13H11N5O7S2.Ni/c1-6-14-13(17-15-6)18-16-11-9-5-8(26(20,21)22)3-2-7(9)4-10(12(11)19)27(23,24)25;/h2-5,13,19H,1H3,(H,20,21,22)(H,23,24,25);. The van der Waals surface area contributed by atoms with Crippen molar-refractivity contribution in [3.8, 4) is 5.75 Å². The van der Waals surface area contributed by atoms with Gasteiger partial charge in [-0.1, -0.05) is 6.07 Å². The molecular weight excluding hydrogens is 461 g/mol. The van der Waals surface area contributed by atoms with Gasteiger partial charge in [-0.2, -0.15) is 16.8 Å². The maximum absolute atomic E-state index is 11.5. The molecule has 0 aliphatic carbocycles. The summed E-state index contributed by atoms with van der Waals surface area (Å²) >= 11 is 0. The van der Waals surface area contributed by atoms with E-state index in [1.54, 1.807) is 6.92 Å². The molecule has 2 aromatic rings. The Morgan fingerprint density at radius 1 is 1.07 bits per heavy atom.